The molecule has 32 heavy (non-hydrogen) atoms. The summed E-state index contributed by atoms with van der Waals surface area (Å²) in [6, 6.07) is 11.8. The average Bonchev–Trinajstić information content (AvgIpc) is 3.19. The van der Waals surface area contributed by atoms with Gasteiger partial charge in [-0.1, -0.05) is 36.0 Å². The number of benzene rings is 2. The SMILES string of the molecule is COc1ccc(C)cc1NC(=O)CSc1nc2scc(-c3ccc(C)c(C)c3)c2c(=O)[nH]1. The van der Waals surface area contributed by atoms with Gasteiger partial charge in [0, 0.05) is 10.9 Å². The van der Waals surface area contributed by atoms with E-state index in [9.17, 15) is 9.59 Å². The molecular formula is C24H23N3O3S2. The molecule has 0 aliphatic heterocycles. The van der Waals surface area contributed by atoms with Crippen molar-refractivity contribution >= 4 is 44.9 Å². The number of nitrogens with zero attached hydrogens (tertiary/aromatic N) is 1. The van der Waals surface area contributed by atoms with Crippen LogP contribution in [0.15, 0.2) is 51.7 Å². The monoisotopic (exact) mass is 465 g/mol. The van der Waals surface area contributed by atoms with Crippen LogP contribution in [0.25, 0.3) is 21.3 Å². The Morgan fingerprint density at radius 1 is 1.16 bits per heavy atom. The van der Waals surface area contributed by atoms with Crippen LogP contribution in [0.2, 0.25) is 0 Å². The highest BCUT2D eigenvalue weighted by Gasteiger charge is 2.15. The predicted molar refractivity (Wildman–Crippen MR) is 132 cm³/mol. The number of nitrogens with one attached hydrogen (secondary N) is 2. The van der Waals surface area contributed by atoms with E-state index in [2.05, 4.69) is 41.3 Å². The standard InChI is InChI=1S/C24H23N3O3S2/c1-13-5-8-19(30-4)18(9-13)25-20(28)12-32-24-26-22(29)21-17(11-31-23(21)27-24)16-7-6-14(2)15(3)10-16/h5-11H,12H2,1-4H3,(H,25,28)(H,26,27,29). The van der Waals surface area contributed by atoms with Crippen molar-refractivity contribution < 1.29 is 9.53 Å². The third-order valence-electron chi connectivity index (χ3n) is 5.21. The first-order valence-electron chi connectivity index (χ1n) is 10.0. The molecule has 0 saturated carbocycles. The van der Waals surface area contributed by atoms with Crippen LogP contribution in [0, 0.1) is 20.8 Å². The van der Waals surface area contributed by atoms with Crippen molar-refractivity contribution in [3.63, 3.8) is 0 Å². The Kier molecular flexibility index (Phi) is 6.34. The highest BCUT2D eigenvalue weighted by Crippen LogP contribution is 2.32. The van der Waals surface area contributed by atoms with Gasteiger partial charge in [-0.25, -0.2) is 4.98 Å². The summed E-state index contributed by atoms with van der Waals surface area (Å²) in [4.78, 5) is 33.4. The minimum atomic E-state index is -0.205. The topological polar surface area (TPSA) is 84.1 Å². The van der Waals surface area contributed by atoms with Gasteiger partial charge in [-0.3, -0.25) is 9.59 Å². The molecule has 2 N–H and O–H groups in total. The van der Waals surface area contributed by atoms with Gasteiger partial charge in [0.05, 0.1) is 23.9 Å². The smallest absolute Gasteiger partial charge is 0.260 e. The fraction of sp³-hybridized carbons (Fsp3) is 0.208. The van der Waals surface area contributed by atoms with Gasteiger partial charge in [-0.05, 0) is 55.2 Å². The summed E-state index contributed by atoms with van der Waals surface area (Å²) in [6.07, 6.45) is 0. The maximum absolute atomic E-state index is 12.8. The summed E-state index contributed by atoms with van der Waals surface area (Å²) in [5.74, 6) is 0.504. The van der Waals surface area contributed by atoms with Crippen LogP contribution in [0.3, 0.4) is 0 Å². The van der Waals surface area contributed by atoms with Gasteiger partial charge in [-0.15, -0.1) is 11.3 Å². The quantitative estimate of drug-likeness (QED) is 0.298. The third-order valence-corrected chi connectivity index (χ3v) is 6.95. The molecule has 4 aromatic rings. The molecule has 2 aromatic heterocycles. The molecule has 0 atom stereocenters. The zero-order valence-corrected chi connectivity index (χ0v) is 19.9. The lowest BCUT2D eigenvalue weighted by Crippen LogP contribution is -2.16. The number of methoxy groups -OCH3 is 1. The molecular weight excluding hydrogens is 442 g/mol. The molecule has 0 saturated heterocycles. The average molecular weight is 466 g/mol. The van der Waals surface area contributed by atoms with E-state index in [1.807, 2.05) is 36.6 Å². The van der Waals surface area contributed by atoms with Gasteiger partial charge >= 0.3 is 0 Å². The van der Waals surface area contributed by atoms with E-state index in [1.165, 1.54) is 34.2 Å². The minimum absolute atomic E-state index is 0.112. The Balaban J connectivity index is 1.52. The number of ether oxygens (including phenoxy) is 1. The Hall–Kier alpha value is -3.10. The number of hydrogen-bond acceptors (Lipinski definition) is 6. The van der Waals surface area contributed by atoms with Gasteiger partial charge in [-0.2, -0.15) is 0 Å². The normalized spacial score (nSPS) is 11.0. The third kappa shape index (κ3) is 4.56. The fourth-order valence-corrected chi connectivity index (χ4v) is 5.03. The molecule has 8 heteroatoms. The number of H-pyrrole nitrogens is 1. The number of hydrogen-bond donors (Lipinski definition) is 2. The van der Waals surface area contributed by atoms with Crippen LogP contribution >= 0.6 is 23.1 Å². The Labute approximate surface area is 194 Å². The predicted octanol–water partition coefficient (Wildman–Crippen LogP) is 5.32. The number of anilines is 1. The molecule has 0 bridgehead atoms. The number of carbonyl (C=O) groups is 1. The number of carbonyl (C=O) groups excluding carboxylic acids is 1. The van der Waals surface area contributed by atoms with E-state index in [1.54, 1.807) is 7.11 Å². The van der Waals surface area contributed by atoms with Crippen molar-refractivity contribution in [2.24, 2.45) is 0 Å². The zero-order valence-electron chi connectivity index (χ0n) is 18.2. The fourth-order valence-electron chi connectivity index (χ4n) is 3.36. The second-order valence-corrected chi connectivity index (χ2v) is 9.36. The van der Waals surface area contributed by atoms with Crippen molar-refractivity contribution in [2.45, 2.75) is 25.9 Å². The van der Waals surface area contributed by atoms with E-state index in [-0.39, 0.29) is 17.2 Å². The summed E-state index contributed by atoms with van der Waals surface area (Å²) in [5, 5.41) is 5.82. The van der Waals surface area contributed by atoms with E-state index >= 15 is 0 Å². The lowest BCUT2D eigenvalue weighted by Gasteiger charge is -2.10. The van der Waals surface area contributed by atoms with Gasteiger partial charge in [0.25, 0.3) is 5.56 Å². The molecule has 0 spiro atoms. The molecule has 2 aromatic carbocycles. The molecule has 164 valence electrons. The second kappa shape index (κ2) is 9.18. The number of aromatic amines is 1. The van der Waals surface area contributed by atoms with Crippen molar-refractivity contribution in [3.8, 4) is 16.9 Å². The summed E-state index contributed by atoms with van der Waals surface area (Å²) < 4.78 is 5.30. The number of aromatic nitrogens is 2. The van der Waals surface area contributed by atoms with E-state index in [0.717, 1.165) is 16.7 Å². The van der Waals surface area contributed by atoms with E-state index < -0.39 is 0 Å². The van der Waals surface area contributed by atoms with Crippen molar-refractivity contribution in [3.05, 3.63) is 68.8 Å². The highest BCUT2D eigenvalue weighted by atomic mass is 32.2. The van der Waals surface area contributed by atoms with E-state index in [0.29, 0.717) is 26.8 Å². The first-order valence-corrected chi connectivity index (χ1v) is 11.9. The molecule has 6 nitrogen and oxygen atoms in total. The summed E-state index contributed by atoms with van der Waals surface area (Å²) in [7, 11) is 1.56. The summed E-state index contributed by atoms with van der Waals surface area (Å²) in [6.45, 7) is 6.07. The highest BCUT2D eigenvalue weighted by molar-refractivity contribution is 7.99. The van der Waals surface area contributed by atoms with Crippen LogP contribution in [0.5, 0.6) is 5.75 Å². The second-order valence-electron chi connectivity index (χ2n) is 7.54. The Bertz CT molecular complexity index is 1370. The number of rotatable bonds is 6. The number of thiophene rings is 1. The minimum Gasteiger partial charge on any atom is -0.495 e. The van der Waals surface area contributed by atoms with Crippen LogP contribution in [0.1, 0.15) is 16.7 Å². The summed E-state index contributed by atoms with van der Waals surface area (Å²) in [5.41, 5.74) is 5.69. The van der Waals surface area contributed by atoms with Crippen molar-refractivity contribution in [2.75, 3.05) is 18.2 Å². The lowest BCUT2D eigenvalue weighted by atomic mass is 10.0. The molecule has 4 rings (SSSR count). The Morgan fingerprint density at radius 3 is 2.72 bits per heavy atom. The molecule has 1 amide bonds. The number of amides is 1. The largest absolute Gasteiger partial charge is 0.495 e. The first-order chi connectivity index (χ1) is 15.4. The zero-order chi connectivity index (χ0) is 22.8. The number of fused-ring (bicyclic) bond motifs is 1. The maximum atomic E-state index is 12.8. The van der Waals surface area contributed by atoms with Gasteiger partial charge in [0.15, 0.2) is 5.16 Å². The molecule has 0 fully saturated rings. The van der Waals surface area contributed by atoms with Gasteiger partial charge in [0.2, 0.25) is 5.91 Å². The van der Waals surface area contributed by atoms with E-state index in [4.69, 9.17) is 4.74 Å². The maximum Gasteiger partial charge on any atom is 0.260 e. The van der Waals surface area contributed by atoms with Crippen LogP contribution in [-0.4, -0.2) is 28.7 Å². The van der Waals surface area contributed by atoms with Crippen LogP contribution in [-0.2, 0) is 4.79 Å². The molecule has 2 heterocycles. The molecule has 0 unspecified atom stereocenters. The Morgan fingerprint density at radius 2 is 1.97 bits per heavy atom. The van der Waals surface area contributed by atoms with Crippen LogP contribution < -0.4 is 15.6 Å². The number of thioether (sulfide) groups is 1. The van der Waals surface area contributed by atoms with Gasteiger partial charge in [0.1, 0.15) is 10.6 Å². The van der Waals surface area contributed by atoms with Crippen LogP contribution in [0.4, 0.5) is 5.69 Å². The van der Waals surface area contributed by atoms with Gasteiger partial charge < -0.3 is 15.0 Å². The first kappa shape index (κ1) is 22.1. The van der Waals surface area contributed by atoms with Crippen molar-refractivity contribution in [1.82, 2.24) is 9.97 Å². The van der Waals surface area contributed by atoms with Crippen molar-refractivity contribution in [1.29, 1.82) is 0 Å². The molecule has 0 aliphatic carbocycles. The lowest BCUT2D eigenvalue weighted by molar-refractivity contribution is -0.113. The number of aryl methyl sites for hydroxylation is 3. The summed E-state index contributed by atoms with van der Waals surface area (Å²) >= 11 is 2.62. The molecule has 0 radical (unpaired) electrons. The molecule has 0 aliphatic rings.